The van der Waals surface area contributed by atoms with Gasteiger partial charge >= 0.3 is 6.09 Å². The van der Waals surface area contributed by atoms with Gasteiger partial charge in [0.2, 0.25) is 0 Å². The monoisotopic (exact) mass is 334 g/mol. The van der Waals surface area contributed by atoms with E-state index in [1.807, 2.05) is 57.4 Å². The maximum absolute atomic E-state index is 12.8. The van der Waals surface area contributed by atoms with E-state index >= 15 is 0 Å². The highest BCUT2D eigenvalue weighted by Crippen LogP contribution is 2.51. The fourth-order valence-corrected chi connectivity index (χ4v) is 4.25. The highest BCUT2D eigenvalue weighted by atomic mass is 32.1. The van der Waals surface area contributed by atoms with E-state index in [-0.39, 0.29) is 17.9 Å². The lowest BCUT2D eigenvalue weighted by atomic mass is 9.97. The van der Waals surface area contributed by atoms with Gasteiger partial charge in [-0.15, -0.1) is 11.3 Å². The van der Waals surface area contributed by atoms with Crippen LogP contribution in [0.1, 0.15) is 37.3 Å². The van der Waals surface area contributed by atoms with Crippen molar-refractivity contribution in [2.75, 3.05) is 14.1 Å². The molecule has 2 amide bonds. The van der Waals surface area contributed by atoms with Crippen LogP contribution in [0.5, 0.6) is 0 Å². The van der Waals surface area contributed by atoms with Crippen molar-refractivity contribution in [3.63, 3.8) is 0 Å². The SMILES string of the molecule is CN(C)/C=C1/C(=O)N(C(=O)OC(C)(C)C)C2c3ccsc3CC12. The van der Waals surface area contributed by atoms with Crippen LogP contribution < -0.4 is 0 Å². The minimum absolute atomic E-state index is 0.0277. The number of thiophene rings is 1. The molecule has 1 aliphatic carbocycles. The van der Waals surface area contributed by atoms with Crippen LogP contribution in [0.4, 0.5) is 4.79 Å². The Kier molecular flexibility index (Phi) is 3.75. The molecule has 23 heavy (non-hydrogen) atoms. The van der Waals surface area contributed by atoms with Crippen LogP contribution in [-0.4, -0.2) is 41.5 Å². The number of ether oxygens (including phenoxy) is 1. The van der Waals surface area contributed by atoms with Crippen LogP contribution in [0.25, 0.3) is 0 Å². The summed E-state index contributed by atoms with van der Waals surface area (Å²) in [6.07, 6.45) is 2.09. The van der Waals surface area contributed by atoms with Crippen LogP contribution in [0, 0.1) is 5.92 Å². The smallest absolute Gasteiger partial charge is 0.417 e. The van der Waals surface area contributed by atoms with Crippen molar-refractivity contribution in [1.29, 1.82) is 0 Å². The average Bonchev–Trinajstić information content (AvgIpc) is 3.01. The summed E-state index contributed by atoms with van der Waals surface area (Å²) in [5.41, 5.74) is 1.15. The highest BCUT2D eigenvalue weighted by molar-refractivity contribution is 7.10. The quantitative estimate of drug-likeness (QED) is 0.740. The van der Waals surface area contributed by atoms with E-state index in [2.05, 4.69) is 0 Å². The Morgan fingerprint density at radius 2 is 2.13 bits per heavy atom. The Labute approximate surface area is 140 Å². The molecule has 1 fully saturated rings. The van der Waals surface area contributed by atoms with E-state index in [0.29, 0.717) is 5.57 Å². The zero-order valence-electron chi connectivity index (χ0n) is 14.1. The molecule has 124 valence electrons. The molecule has 0 aromatic carbocycles. The molecule has 3 rings (SSSR count). The Morgan fingerprint density at radius 3 is 2.74 bits per heavy atom. The largest absolute Gasteiger partial charge is 0.443 e. The summed E-state index contributed by atoms with van der Waals surface area (Å²) >= 11 is 1.69. The standard InChI is InChI=1S/C17H22N2O3S/c1-17(2,3)22-16(21)19-14-10-6-7-23-13(10)8-11(14)12(15(19)20)9-18(4)5/h6-7,9,11,14H,8H2,1-5H3/b12-9+. The van der Waals surface area contributed by atoms with Gasteiger partial charge in [-0.1, -0.05) is 0 Å². The highest BCUT2D eigenvalue weighted by Gasteiger charge is 2.53. The summed E-state index contributed by atoms with van der Waals surface area (Å²) < 4.78 is 5.47. The van der Waals surface area contributed by atoms with Crippen molar-refractivity contribution < 1.29 is 14.3 Å². The molecular formula is C17H22N2O3S. The van der Waals surface area contributed by atoms with E-state index in [1.54, 1.807) is 11.3 Å². The molecule has 2 unspecified atom stereocenters. The minimum atomic E-state index is -0.628. The molecular weight excluding hydrogens is 312 g/mol. The van der Waals surface area contributed by atoms with Crippen molar-refractivity contribution >= 4 is 23.3 Å². The zero-order valence-corrected chi connectivity index (χ0v) is 14.9. The van der Waals surface area contributed by atoms with Crippen LogP contribution in [0.3, 0.4) is 0 Å². The number of hydrogen-bond acceptors (Lipinski definition) is 5. The van der Waals surface area contributed by atoms with E-state index in [9.17, 15) is 9.59 Å². The van der Waals surface area contributed by atoms with Crippen LogP contribution in [0.15, 0.2) is 23.2 Å². The molecule has 0 saturated carbocycles. The molecule has 1 aromatic heterocycles. The van der Waals surface area contributed by atoms with Crippen molar-refractivity contribution in [3.8, 4) is 0 Å². The Hall–Kier alpha value is -1.82. The van der Waals surface area contributed by atoms with Gasteiger partial charge in [0.15, 0.2) is 0 Å². The summed E-state index contributed by atoms with van der Waals surface area (Å²) in [6.45, 7) is 5.43. The molecule has 0 spiro atoms. The molecule has 2 heterocycles. The second-order valence-electron chi connectivity index (χ2n) is 7.26. The number of imide groups is 1. The molecule has 1 aliphatic heterocycles. The third-order valence-electron chi connectivity index (χ3n) is 4.02. The molecule has 0 radical (unpaired) electrons. The van der Waals surface area contributed by atoms with Crippen LogP contribution >= 0.6 is 11.3 Å². The van der Waals surface area contributed by atoms with Crippen molar-refractivity contribution in [2.24, 2.45) is 5.92 Å². The summed E-state index contributed by atoms with van der Waals surface area (Å²) in [4.78, 5) is 29.9. The van der Waals surface area contributed by atoms with Gasteiger partial charge in [-0.3, -0.25) is 4.79 Å². The Balaban J connectivity index is 2.01. The second-order valence-corrected chi connectivity index (χ2v) is 8.26. The normalized spacial score (nSPS) is 24.8. The average molecular weight is 334 g/mol. The summed E-state index contributed by atoms with van der Waals surface area (Å²) in [7, 11) is 3.77. The van der Waals surface area contributed by atoms with Gasteiger partial charge in [0.1, 0.15) is 5.60 Å². The third kappa shape index (κ3) is 2.76. The molecule has 2 aliphatic rings. The lowest BCUT2D eigenvalue weighted by Crippen LogP contribution is -2.39. The number of carbonyl (C=O) groups excluding carboxylic acids is 2. The maximum atomic E-state index is 12.8. The van der Waals surface area contributed by atoms with E-state index in [1.165, 1.54) is 9.78 Å². The van der Waals surface area contributed by atoms with Gasteiger partial charge in [0.25, 0.3) is 5.91 Å². The number of fused-ring (bicyclic) bond motifs is 3. The molecule has 1 saturated heterocycles. The first-order valence-corrected chi connectivity index (χ1v) is 8.58. The van der Waals surface area contributed by atoms with E-state index in [0.717, 1.165) is 12.0 Å². The minimum Gasteiger partial charge on any atom is -0.443 e. The van der Waals surface area contributed by atoms with Gasteiger partial charge in [0.05, 0.1) is 6.04 Å². The molecule has 6 heteroatoms. The van der Waals surface area contributed by atoms with Gasteiger partial charge in [-0.05, 0) is 44.2 Å². The van der Waals surface area contributed by atoms with E-state index < -0.39 is 11.7 Å². The summed E-state index contributed by atoms with van der Waals surface area (Å²) in [5.74, 6) is -0.209. The first kappa shape index (κ1) is 16.1. The van der Waals surface area contributed by atoms with Gasteiger partial charge in [-0.25, -0.2) is 9.69 Å². The first-order chi connectivity index (χ1) is 10.7. The van der Waals surface area contributed by atoms with Crippen molar-refractivity contribution in [2.45, 2.75) is 38.8 Å². The predicted octanol–water partition coefficient (Wildman–Crippen LogP) is 3.18. The summed E-state index contributed by atoms with van der Waals surface area (Å²) in [6, 6.07) is 1.79. The number of likely N-dealkylation sites (tertiary alicyclic amines) is 1. The number of nitrogens with zero attached hydrogens (tertiary/aromatic N) is 2. The van der Waals surface area contributed by atoms with Gasteiger partial charge < -0.3 is 9.64 Å². The summed E-state index contributed by atoms with van der Waals surface area (Å²) in [5, 5.41) is 2.02. The van der Waals surface area contributed by atoms with Crippen LogP contribution in [-0.2, 0) is 16.0 Å². The number of amides is 2. The maximum Gasteiger partial charge on any atom is 0.417 e. The number of hydrogen-bond donors (Lipinski definition) is 0. The second kappa shape index (κ2) is 5.37. The number of carbonyl (C=O) groups is 2. The number of rotatable bonds is 1. The van der Waals surface area contributed by atoms with Crippen molar-refractivity contribution in [1.82, 2.24) is 9.80 Å². The van der Waals surface area contributed by atoms with Gasteiger partial charge in [-0.2, -0.15) is 0 Å². The van der Waals surface area contributed by atoms with Crippen LogP contribution in [0.2, 0.25) is 0 Å². The third-order valence-corrected chi connectivity index (χ3v) is 4.97. The molecule has 0 N–H and O–H groups in total. The predicted molar refractivity (Wildman–Crippen MR) is 89.1 cm³/mol. The first-order valence-electron chi connectivity index (χ1n) is 7.70. The molecule has 2 atom stereocenters. The fraction of sp³-hybridized carbons (Fsp3) is 0.529. The van der Waals surface area contributed by atoms with Gasteiger partial charge in [0, 0.05) is 36.7 Å². The van der Waals surface area contributed by atoms with E-state index in [4.69, 9.17) is 4.74 Å². The topological polar surface area (TPSA) is 49.9 Å². The zero-order chi connectivity index (χ0) is 16.9. The lowest BCUT2D eigenvalue weighted by molar-refractivity contribution is -0.125. The Morgan fingerprint density at radius 1 is 1.43 bits per heavy atom. The fourth-order valence-electron chi connectivity index (χ4n) is 3.27. The van der Waals surface area contributed by atoms with Crippen molar-refractivity contribution in [3.05, 3.63) is 33.7 Å². The molecule has 1 aromatic rings. The molecule has 5 nitrogen and oxygen atoms in total. The Bertz CT molecular complexity index is 684. The molecule has 0 bridgehead atoms. The lowest BCUT2D eigenvalue weighted by Gasteiger charge is -2.26.